The smallest absolute Gasteiger partial charge is 0.115 e. The van der Waals surface area contributed by atoms with Gasteiger partial charge in [0.1, 0.15) is 5.75 Å². The molecule has 1 N–H and O–H groups in total. The highest BCUT2D eigenvalue weighted by Gasteiger charge is 2.45. The average molecular weight is 298 g/mol. The number of hydrogen-bond acceptors (Lipinski definition) is 2. The number of hydrogen-bond donors (Lipinski definition) is 1. The van der Waals surface area contributed by atoms with Gasteiger partial charge in [-0.3, -0.25) is 0 Å². The lowest BCUT2D eigenvalue weighted by Gasteiger charge is -2.38. The lowest BCUT2D eigenvalue weighted by Crippen LogP contribution is -2.40. The van der Waals surface area contributed by atoms with Crippen molar-refractivity contribution in [2.45, 2.75) is 37.1 Å². The molecule has 0 aromatic heterocycles. The Morgan fingerprint density at radius 2 is 2.18 bits per heavy atom. The van der Waals surface area contributed by atoms with Crippen LogP contribution in [0.5, 0.6) is 5.75 Å². The van der Waals surface area contributed by atoms with Crippen molar-refractivity contribution < 1.29 is 5.11 Å². The molecule has 1 aliphatic heterocycles. The van der Waals surface area contributed by atoms with Gasteiger partial charge in [0.15, 0.2) is 0 Å². The van der Waals surface area contributed by atoms with E-state index >= 15 is 0 Å². The first-order valence-electron chi connectivity index (χ1n) is 6.19. The molecule has 0 amide bonds. The van der Waals surface area contributed by atoms with Crippen LogP contribution in [0.3, 0.4) is 0 Å². The molecule has 0 radical (unpaired) electrons. The number of fused-ring (bicyclic) bond motifs is 2. The van der Waals surface area contributed by atoms with Gasteiger partial charge in [0.25, 0.3) is 0 Å². The molecule has 2 nitrogen and oxygen atoms in total. The van der Waals surface area contributed by atoms with Gasteiger partial charge < -0.3 is 10.0 Å². The van der Waals surface area contributed by atoms with Crippen molar-refractivity contribution in [3.8, 4) is 5.75 Å². The molecule has 17 heavy (non-hydrogen) atoms. The second-order valence-corrected chi connectivity index (χ2v) is 5.46. The standard InChI is InChI=1S/C14H19NO.BrH/c1-15-8-7-14(6-5-12(15)10-14)11-3-2-4-13(16)9-11;/h2-4,9,12,16H,5-8,10H2,1H3;1H. The average Bonchev–Trinajstić information content (AvgIpc) is 2.66. The second-order valence-electron chi connectivity index (χ2n) is 5.46. The number of phenols is 1. The zero-order chi connectivity index (χ0) is 11.2. The van der Waals surface area contributed by atoms with E-state index in [1.54, 1.807) is 6.07 Å². The third-order valence-corrected chi connectivity index (χ3v) is 4.61. The first-order chi connectivity index (χ1) is 7.70. The minimum Gasteiger partial charge on any atom is -0.508 e. The van der Waals surface area contributed by atoms with Gasteiger partial charge in [-0.15, -0.1) is 17.0 Å². The molecule has 1 saturated carbocycles. The van der Waals surface area contributed by atoms with Crippen LogP contribution in [0.1, 0.15) is 31.2 Å². The Morgan fingerprint density at radius 1 is 1.35 bits per heavy atom. The van der Waals surface area contributed by atoms with E-state index in [1.165, 1.54) is 37.8 Å². The molecule has 1 saturated heterocycles. The summed E-state index contributed by atoms with van der Waals surface area (Å²) >= 11 is 0. The van der Waals surface area contributed by atoms with Crippen LogP contribution in [-0.2, 0) is 5.41 Å². The van der Waals surface area contributed by atoms with Crippen molar-refractivity contribution in [1.29, 1.82) is 0 Å². The number of benzene rings is 1. The Hall–Kier alpha value is -0.540. The molecule has 1 aromatic rings. The van der Waals surface area contributed by atoms with Gasteiger partial charge in [-0.1, -0.05) is 12.1 Å². The van der Waals surface area contributed by atoms with Crippen molar-refractivity contribution in [2.75, 3.05) is 13.6 Å². The molecule has 94 valence electrons. The fourth-order valence-electron chi connectivity index (χ4n) is 3.52. The molecule has 2 fully saturated rings. The van der Waals surface area contributed by atoms with Crippen molar-refractivity contribution in [3.05, 3.63) is 29.8 Å². The predicted molar refractivity (Wildman–Crippen MR) is 75.0 cm³/mol. The quantitative estimate of drug-likeness (QED) is 0.861. The molecular weight excluding hydrogens is 278 g/mol. The number of aromatic hydroxyl groups is 1. The second kappa shape index (κ2) is 4.62. The highest BCUT2D eigenvalue weighted by atomic mass is 79.9. The topological polar surface area (TPSA) is 23.5 Å². The summed E-state index contributed by atoms with van der Waals surface area (Å²) in [4.78, 5) is 2.49. The molecule has 1 heterocycles. The van der Waals surface area contributed by atoms with Gasteiger partial charge in [-0.2, -0.15) is 0 Å². The summed E-state index contributed by atoms with van der Waals surface area (Å²) < 4.78 is 0. The zero-order valence-corrected chi connectivity index (χ0v) is 11.9. The predicted octanol–water partition coefficient (Wildman–Crippen LogP) is 3.10. The van der Waals surface area contributed by atoms with Gasteiger partial charge in [0, 0.05) is 6.04 Å². The first kappa shape index (κ1) is 12.9. The maximum Gasteiger partial charge on any atom is 0.115 e. The maximum absolute atomic E-state index is 9.61. The molecule has 3 rings (SSSR count). The largest absolute Gasteiger partial charge is 0.508 e. The molecular formula is C14H20BrNO. The lowest BCUT2D eigenvalue weighted by molar-refractivity contribution is 0.174. The third kappa shape index (κ3) is 2.11. The van der Waals surface area contributed by atoms with Crippen LogP contribution < -0.4 is 0 Å². The van der Waals surface area contributed by atoms with E-state index in [2.05, 4.69) is 18.0 Å². The summed E-state index contributed by atoms with van der Waals surface area (Å²) in [7, 11) is 2.24. The number of halogens is 1. The number of piperidine rings is 1. The molecule has 0 spiro atoms. The molecule has 1 aromatic carbocycles. The van der Waals surface area contributed by atoms with E-state index in [1.807, 2.05) is 12.1 Å². The van der Waals surface area contributed by atoms with E-state index in [-0.39, 0.29) is 17.0 Å². The monoisotopic (exact) mass is 297 g/mol. The minimum atomic E-state index is 0. The van der Waals surface area contributed by atoms with Crippen LogP contribution in [0, 0.1) is 0 Å². The summed E-state index contributed by atoms with van der Waals surface area (Å²) in [5.74, 6) is 0.411. The number of likely N-dealkylation sites (tertiary alicyclic amines) is 1. The Balaban J connectivity index is 0.00000108. The molecule has 2 atom stereocenters. The number of rotatable bonds is 1. The van der Waals surface area contributed by atoms with Gasteiger partial charge in [-0.05, 0) is 62.4 Å². The number of phenolic OH excluding ortho intramolecular Hbond substituents is 1. The molecule has 2 aliphatic rings. The fraction of sp³-hybridized carbons (Fsp3) is 0.571. The summed E-state index contributed by atoms with van der Waals surface area (Å²) in [6.45, 7) is 1.19. The van der Waals surface area contributed by atoms with Crippen molar-refractivity contribution in [1.82, 2.24) is 4.90 Å². The SMILES string of the molecule is Br.CN1CCC2(c3cccc(O)c3)CCC1C2. The van der Waals surface area contributed by atoms with Crippen molar-refractivity contribution in [2.24, 2.45) is 0 Å². The molecule has 1 aliphatic carbocycles. The van der Waals surface area contributed by atoms with E-state index in [4.69, 9.17) is 0 Å². The van der Waals surface area contributed by atoms with Crippen LogP contribution >= 0.6 is 17.0 Å². The third-order valence-electron chi connectivity index (χ3n) is 4.61. The highest BCUT2D eigenvalue weighted by Crippen LogP contribution is 2.48. The van der Waals surface area contributed by atoms with Crippen LogP contribution in [0.25, 0.3) is 0 Å². The molecule has 2 bridgehead atoms. The summed E-state index contributed by atoms with van der Waals surface area (Å²) in [6.07, 6.45) is 5.11. The highest BCUT2D eigenvalue weighted by molar-refractivity contribution is 8.93. The van der Waals surface area contributed by atoms with Crippen LogP contribution in [-0.4, -0.2) is 29.6 Å². The van der Waals surface area contributed by atoms with Gasteiger partial charge in [-0.25, -0.2) is 0 Å². The first-order valence-corrected chi connectivity index (χ1v) is 6.19. The maximum atomic E-state index is 9.61. The summed E-state index contributed by atoms with van der Waals surface area (Å²) in [5, 5.41) is 9.61. The van der Waals surface area contributed by atoms with Crippen LogP contribution in [0.2, 0.25) is 0 Å². The van der Waals surface area contributed by atoms with E-state index < -0.39 is 0 Å². The number of nitrogens with zero attached hydrogens (tertiary/aromatic N) is 1. The fourth-order valence-corrected chi connectivity index (χ4v) is 3.52. The van der Waals surface area contributed by atoms with Gasteiger partial charge in [0.2, 0.25) is 0 Å². The van der Waals surface area contributed by atoms with E-state index in [0.29, 0.717) is 11.2 Å². The van der Waals surface area contributed by atoms with E-state index in [0.717, 1.165) is 6.04 Å². The van der Waals surface area contributed by atoms with Crippen LogP contribution in [0.4, 0.5) is 0 Å². The van der Waals surface area contributed by atoms with Crippen molar-refractivity contribution in [3.63, 3.8) is 0 Å². The normalized spacial score (nSPS) is 32.2. The van der Waals surface area contributed by atoms with E-state index in [9.17, 15) is 5.11 Å². The Labute approximate surface area is 113 Å². The lowest BCUT2D eigenvalue weighted by atomic mass is 9.74. The zero-order valence-electron chi connectivity index (χ0n) is 10.2. The van der Waals surface area contributed by atoms with Crippen molar-refractivity contribution >= 4 is 17.0 Å². The Bertz CT molecular complexity index is 409. The van der Waals surface area contributed by atoms with Gasteiger partial charge in [0.05, 0.1) is 0 Å². The molecule has 2 unspecified atom stereocenters. The van der Waals surface area contributed by atoms with Gasteiger partial charge >= 0.3 is 0 Å². The Kier molecular flexibility index (Phi) is 3.50. The summed E-state index contributed by atoms with van der Waals surface area (Å²) in [6, 6.07) is 8.66. The summed E-state index contributed by atoms with van der Waals surface area (Å²) in [5.41, 5.74) is 1.71. The van der Waals surface area contributed by atoms with Crippen LogP contribution in [0.15, 0.2) is 24.3 Å². The molecule has 3 heteroatoms. The Morgan fingerprint density at radius 3 is 2.94 bits per heavy atom. The minimum absolute atomic E-state index is 0.